The van der Waals surface area contributed by atoms with E-state index < -0.39 is 44.9 Å². The number of carbonyl (C=O) groups excluding carboxylic acids is 2. The van der Waals surface area contributed by atoms with Crippen LogP contribution in [0.15, 0.2) is 102 Å². The Hall–Kier alpha value is -4.72. The number of nitrogens with one attached hydrogen (secondary N) is 1. The highest BCUT2D eigenvalue weighted by Gasteiger charge is 2.46. The first-order valence-corrected chi connectivity index (χ1v) is 17.0. The Labute approximate surface area is 283 Å². The molecule has 0 aromatic heterocycles. The quantitative estimate of drug-likeness (QED) is 0.194. The van der Waals surface area contributed by atoms with Gasteiger partial charge in [-0.3, -0.25) is 9.59 Å². The fraction of sp³-hybridized carbons (Fsp3) is 0.278. The SMILES string of the molecule is CN(C)S(=O)(=O)c1ccc(-c2cccc(CC(O)(C(=O)Nc3ccc(N)c(C(F)(F)F)c3)C3CCN(C(=O)c4ccccc4)CC3)c2)cc1. The first-order chi connectivity index (χ1) is 23.1. The molecule has 4 aromatic rings. The lowest BCUT2D eigenvalue weighted by atomic mass is 9.75. The molecule has 0 radical (unpaired) electrons. The van der Waals surface area contributed by atoms with Crippen LogP contribution in [-0.4, -0.2) is 67.3 Å². The Morgan fingerprint density at radius 2 is 1.55 bits per heavy atom. The van der Waals surface area contributed by atoms with Gasteiger partial charge in [0, 0.05) is 56.5 Å². The maximum Gasteiger partial charge on any atom is 0.418 e. The van der Waals surface area contributed by atoms with E-state index in [4.69, 9.17) is 5.73 Å². The van der Waals surface area contributed by atoms with Crippen LogP contribution in [-0.2, 0) is 27.4 Å². The number of sulfonamides is 1. The number of rotatable bonds is 9. The fourth-order valence-corrected chi connectivity index (χ4v) is 6.96. The molecular formula is C36H37F3N4O5S. The molecule has 0 spiro atoms. The van der Waals surface area contributed by atoms with Gasteiger partial charge in [0.2, 0.25) is 10.0 Å². The number of nitrogens with zero attached hydrogens (tertiary/aromatic N) is 2. The van der Waals surface area contributed by atoms with E-state index in [0.29, 0.717) is 22.3 Å². The zero-order chi connectivity index (χ0) is 35.6. The molecule has 258 valence electrons. The monoisotopic (exact) mass is 694 g/mol. The minimum absolute atomic E-state index is 0.122. The fourth-order valence-electron chi connectivity index (χ4n) is 6.05. The Bertz CT molecular complexity index is 1930. The van der Waals surface area contributed by atoms with Crippen LogP contribution in [0.3, 0.4) is 0 Å². The van der Waals surface area contributed by atoms with Crippen molar-refractivity contribution in [2.75, 3.05) is 38.2 Å². The van der Waals surface area contributed by atoms with Crippen LogP contribution in [0.25, 0.3) is 11.1 Å². The lowest BCUT2D eigenvalue weighted by Crippen LogP contribution is -2.54. The normalized spacial score (nSPS) is 15.5. The largest absolute Gasteiger partial charge is 0.418 e. The van der Waals surface area contributed by atoms with Crippen LogP contribution < -0.4 is 11.1 Å². The summed E-state index contributed by atoms with van der Waals surface area (Å²) in [6.07, 6.45) is -4.41. The summed E-state index contributed by atoms with van der Waals surface area (Å²) in [4.78, 5) is 28.8. The van der Waals surface area contributed by atoms with Gasteiger partial charge >= 0.3 is 6.18 Å². The number of hydrogen-bond donors (Lipinski definition) is 3. The van der Waals surface area contributed by atoms with E-state index in [9.17, 15) is 36.3 Å². The van der Waals surface area contributed by atoms with Crippen LogP contribution in [0, 0.1) is 5.92 Å². The topological polar surface area (TPSA) is 133 Å². The van der Waals surface area contributed by atoms with Gasteiger partial charge in [-0.25, -0.2) is 12.7 Å². The second kappa shape index (κ2) is 14.0. The average Bonchev–Trinajstić information content (AvgIpc) is 3.08. The molecule has 1 aliphatic heterocycles. The maximum atomic E-state index is 13.9. The standard InChI is InChI=1S/C36H37F3N4O5S/c1-42(2)49(47,48)30-14-11-25(12-15-30)27-10-6-7-24(21-27)23-35(46,34(45)41-29-13-16-32(40)31(22-29)36(37,38)39)28-17-19-43(20-18-28)33(44)26-8-4-3-5-9-26/h3-16,21-22,28,46H,17-20,23,40H2,1-2H3,(H,41,45). The Morgan fingerprint density at radius 1 is 0.898 bits per heavy atom. The van der Waals surface area contributed by atoms with Gasteiger partial charge in [0.25, 0.3) is 11.8 Å². The predicted octanol–water partition coefficient (Wildman–Crippen LogP) is 5.67. The molecule has 1 heterocycles. The number of likely N-dealkylation sites (tertiary alicyclic amines) is 1. The van der Waals surface area contributed by atoms with Crippen molar-refractivity contribution in [3.8, 4) is 11.1 Å². The van der Waals surface area contributed by atoms with E-state index in [1.165, 1.54) is 32.3 Å². The van der Waals surface area contributed by atoms with Crippen molar-refractivity contribution in [2.24, 2.45) is 5.92 Å². The van der Waals surface area contributed by atoms with Crippen molar-refractivity contribution in [2.45, 2.75) is 35.9 Å². The van der Waals surface area contributed by atoms with Gasteiger partial charge in [-0.15, -0.1) is 0 Å². The first-order valence-electron chi connectivity index (χ1n) is 15.6. The second-order valence-electron chi connectivity index (χ2n) is 12.3. The molecule has 1 saturated heterocycles. The molecule has 13 heteroatoms. The highest BCUT2D eigenvalue weighted by atomic mass is 32.2. The summed E-state index contributed by atoms with van der Waals surface area (Å²) < 4.78 is 66.9. The van der Waals surface area contributed by atoms with Gasteiger partial charge in [-0.1, -0.05) is 54.6 Å². The van der Waals surface area contributed by atoms with Crippen molar-refractivity contribution in [1.82, 2.24) is 9.21 Å². The number of alkyl halides is 3. The molecular weight excluding hydrogens is 657 g/mol. The van der Waals surface area contributed by atoms with Crippen LogP contribution in [0.2, 0.25) is 0 Å². The second-order valence-corrected chi connectivity index (χ2v) is 14.5. The molecule has 2 amide bonds. The zero-order valence-corrected chi connectivity index (χ0v) is 27.8. The van der Waals surface area contributed by atoms with Crippen LogP contribution in [0.5, 0.6) is 0 Å². The number of aliphatic hydroxyl groups is 1. The van der Waals surface area contributed by atoms with E-state index in [2.05, 4.69) is 5.32 Å². The molecule has 1 aliphatic rings. The molecule has 1 unspecified atom stereocenters. The molecule has 5 rings (SSSR count). The third-order valence-electron chi connectivity index (χ3n) is 8.85. The van der Waals surface area contributed by atoms with Crippen LogP contribution in [0.1, 0.15) is 34.3 Å². The minimum atomic E-state index is -4.76. The summed E-state index contributed by atoms with van der Waals surface area (Å²) in [7, 11) is -0.749. The zero-order valence-electron chi connectivity index (χ0n) is 26.9. The number of carbonyl (C=O) groups is 2. The molecule has 49 heavy (non-hydrogen) atoms. The van der Waals surface area contributed by atoms with E-state index in [-0.39, 0.29) is 48.8 Å². The highest BCUT2D eigenvalue weighted by molar-refractivity contribution is 7.89. The van der Waals surface area contributed by atoms with Crippen molar-refractivity contribution >= 4 is 33.2 Å². The molecule has 4 N–H and O–H groups in total. The summed E-state index contributed by atoms with van der Waals surface area (Å²) in [5, 5.41) is 14.7. The van der Waals surface area contributed by atoms with Gasteiger partial charge in [0.1, 0.15) is 5.60 Å². The number of benzene rings is 4. The Kier molecular flexibility index (Phi) is 10.2. The summed E-state index contributed by atoms with van der Waals surface area (Å²) in [5.41, 5.74) is 4.16. The molecule has 0 saturated carbocycles. The molecule has 0 aliphatic carbocycles. The van der Waals surface area contributed by atoms with Gasteiger partial charge in [0.15, 0.2) is 0 Å². The average molecular weight is 695 g/mol. The van der Waals surface area contributed by atoms with Crippen LogP contribution in [0.4, 0.5) is 24.5 Å². The Morgan fingerprint density at radius 3 is 2.16 bits per heavy atom. The van der Waals surface area contributed by atoms with E-state index in [0.717, 1.165) is 16.4 Å². The van der Waals surface area contributed by atoms with Crippen molar-refractivity contribution in [3.05, 3.63) is 114 Å². The van der Waals surface area contributed by atoms with Crippen molar-refractivity contribution in [1.29, 1.82) is 0 Å². The third-order valence-corrected chi connectivity index (χ3v) is 10.7. The smallest absolute Gasteiger partial charge is 0.398 e. The van der Waals surface area contributed by atoms with Gasteiger partial charge in [0.05, 0.1) is 10.5 Å². The third kappa shape index (κ3) is 7.79. The summed E-state index contributed by atoms with van der Waals surface area (Å²) >= 11 is 0. The molecule has 1 atom stereocenters. The van der Waals surface area contributed by atoms with E-state index in [1.807, 2.05) is 0 Å². The van der Waals surface area contributed by atoms with Crippen molar-refractivity contribution in [3.63, 3.8) is 0 Å². The number of nitrogens with two attached hydrogens (primary N) is 1. The molecule has 1 fully saturated rings. The van der Waals surface area contributed by atoms with Crippen LogP contribution >= 0.6 is 0 Å². The maximum absolute atomic E-state index is 13.9. The molecule has 4 aromatic carbocycles. The number of halogens is 3. The Balaban J connectivity index is 1.43. The lowest BCUT2D eigenvalue weighted by Gasteiger charge is -2.40. The molecule has 9 nitrogen and oxygen atoms in total. The van der Waals surface area contributed by atoms with Crippen molar-refractivity contribution < 1.29 is 36.3 Å². The molecule has 0 bridgehead atoms. The lowest BCUT2D eigenvalue weighted by molar-refractivity contribution is -0.142. The summed E-state index contributed by atoms with van der Waals surface area (Å²) in [6.45, 7) is 0.520. The number of hydrogen-bond acceptors (Lipinski definition) is 6. The first kappa shape index (κ1) is 35.6. The summed E-state index contributed by atoms with van der Waals surface area (Å²) in [5.74, 6) is -1.71. The van der Waals surface area contributed by atoms with E-state index in [1.54, 1.807) is 71.6 Å². The minimum Gasteiger partial charge on any atom is -0.398 e. The number of piperidine rings is 1. The predicted molar refractivity (Wildman–Crippen MR) is 181 cm³/mol. The summed E-state index contributed by atoms with van der Waals surface area (Å²) in [6, 6.07) is 25.1. The number of anilines is 2. The van der Waals surface area contributed by atoms with Gasteiger partial charge in [-0.2, -0.15) is 13.2 Å². The van der Waals surface area contributed by atoms with Gasteiger partial charge in [-0.05, 0) is 72.0 Å². The number of nitrogen functional groups attached to an aromatic ring is 1. The highest BCUT2D eigenvalue weighted by Crippen LogP contribution is 2.37. The van der Waals surface area contributed by atoms with E-state index >= 15 is 0 Å². The number of amides is 2. The van der Waals surface area contributed by atoms with Gasteiger partial charge < -0.3 is 21.1 Å².